The molecule has 118 valence electrons. The van der Waals surface area contributed by atoms with Crippen LogP contribution in [-0.4, -0.2) is 24.9 Å². The SMILES string of the molecule is CCCCNC(=O)C1C2C=CC(C2)C1C(=O)NCCCC. The van der Waals surface area contributed by atoms with Crippen LogP contribution in [0.5, 0.6) is 0 Å². The maximum atomic E-state index is 12.4. The average molecular weight is 292 g/mol. The Kier molecular flexibility index (Phi) is 5.83. The third-order valence-electron chi connectivity index (χ3n) is 4.72. The molecule has 0 saturated heterocycles. The van der Waals surface area contributed by atoms with Gasteiger partial charge >= 0.3 is 0 Å². The molecule has 2 aliphatic rings. The van der Waals surface area contributed by atoms with Crippen LogP contribution in [0.3, 0.4) is 0 Å². The number of rotatable bonds is 8. The zero-order valence-corrected chi connectivity index (χ0v) is 13.2. The zero-order valence-electron chi connectivity index (χ0n) is 13.2. The van der Waals surface area contributed by atoms with Crippen molar-refractivity contribution in [2.75, 3.05) is 13.1 Å². The molecule has 21 heavy (non-hydrogen) atoms. The Hall–Kier alpha value is -1.32. The van der Waals surface area contributed by atoms with Crippen LogP contribution >= 0.6 is 0 Å². The van der Waals surface area contributed by atoms with Gasteiger partial charge in [0.1, 0.15) is 0 Å². The quantitative estimate of drug-likeness (QED) is 0.532. The fourth-order valence-electron chi connectivity index (χ4n) is 3.55. The van der Waals surface area contributed by atoms with Gasteiger partial charge in [-0.15, -0.1) is 0 Å². The molecule has 1 fully saturated rings. The van der Waals surface area contributed by atoms with E-state index in [9.17, 15) is 9.59 Å². The fraction of sp³-hybridized carbons (Fsp3) is 0.765. The van der Waals surface area contributed by atoms with Crippen molar-refractivity contribution >= 4 is 11.8 Å². The van der Waals surface area contributed by atoms with Crippen LogP contribution in [0.2, 0.25) is 0 Å². The lowest BCUT2D eigenvalue weighted by Crippen LogP contribution is -2.44. The van der Waals surface area contributed by atoms with Gasteiger partial charge in [-0.3, -0.25) is 9.59 Å². The molecular formula is C17H28N2O2. The first-order chi connectivity index (χ1) is 10.2. The lowest BCUT2D eigenvalue weighted by Gasteiger charge is -2.26. The van der Waals surface area contributed by atoms with E-state index in [2.05, 4.69) is 36.6 Å². The summed E-state index contributed by atoms with van der Waals surface area (Å²) in [6.07, 6.45) is 9.34. The first-order valence-electron chi connectivity index (χ1n) is 8.42. The van der Waals surface area contributed by atoms with E-state index in [1.807, 2.05) is 0 Å². The Morgan fingerprint density at radius 2 is 1.33 bits per heavy atom. The summed E-state index contributed by atoms with van der Waals surface area (Å²) in [4.78, 5) is 24.9. The molecule has 2 aliphatic carbocycles. The van der Waals surface area contributed by atoms with Gasteiger partial charge in [-0.2, -0.15) is 0 Å². The topological polar surface area (TPSA) is 58.2 Å². The fourth-order valence-corrected chi connectivity index (χ4v) is 3.55. The second-order valence-electron chi connectivity index (χ2n) is 6.29. The summed E-state index contributed by atoms with van der Waals surface area (Å²) in [6, 6.07) is 0. The molecule has 2 rings (SSSR count). The van der Waals surface area contributed by atoms with E-state index in [0.29, 0.717) is 0 Å². The summed E-state index contributed by atoms with van der Waals surface area (Å²) in [7, 11) is 0. The highest BCUT2D eigenvalue weighted by Gasteiger charge is 2.51. The highest BCUT2D eigenvalue weighted by atomic mass is 16.2. The lowest BCUT2D eigenvalue weighted by atomic mass is 9.81. The molecule has 0 aliphatic heterocycles. The van der Waals surface area contributed by atoms with Gasteiger partial charge in [-0.05, 0) is 31.1 Å². The third kappa shape index (κ3) is 3.66. The molecule has 4 unspecified atom stereocenters. The summed E-state index contributed by atoms with van der Waals surface area (Å²) in [5.41, 5.74) is 0. The van der Waals surface area contributed by atoms with Gasteiger partial charge in [0, 0.05) is 13.1 Å². The summed E-state index contributed by atoms with van der Waals surface area (Å²) in [5.74, 6) is 0.293. The predicted octanol–water partition coefficient (Wildman–Crippen LogP) is 2.26. The highest BCUT2D eigenvalue weighted by Crippen LogP contribution is 2.48. The Labute approximate surface area is 127 Å². The Bertz CT molecular complexity index is 370. The Morgan fingerprint density at radius 3 is 1.71 bits per heavy atom. The Balaban J connectivity index is 1.95. The lowest BCUT2D eigenvalue weighted by molar-refractivity contribution is -0.135. The van der Waals surface area contributed by atoms with Crippen molar-refractivity contribution in [2.24, 2.45) is 23.7 Å². The van der Waals surface area contributed by atoms with Crippen LogP contribution in [0.4, 0.5) is 0 Å². The summed E-state index contributed by atoms with van der Waals surface area (Å²) < 4.78 is 0. The van der Waals surface area contributed by atoms with E-state index in [0.717, 1.165) is 45.2 Å². The smallest absolute Gasteiger partial charge is 0.224 e. The number of fused-ring (bicyclic) bond motifs is 2. The number of hydrogen-bond donors (Lipinski definition) is 2. The molecule has 1 saturated carbocycles. The normalized spacial score (nSPS) is 29.6. The molecule has 4 atom stereocenters. The van der Waals surface area contributed by atoms with E-state index in [1.165, 1.54) is 0 Å². The number of hydrogen-bond acceptors (Lipinski definition) is 2. The van der Waals surface area contributed by atoms with E-state index >= 15 is 0 Å². The van der Waals surface area contributed by atoms with E-state index < -0.39 is 0 Å². The van der Waals surface area contributed by atoms with Crippen molar-refractivity contribution in [3.8, 4) is 0 Å². The molecule has 0 aromatic heterocycles. The Morgan fingerprint density at radius 1 is 0.905 bits per heavy atom. The molecule has 2 bridgehead atoms. The van der Waals surface area contributed by atoms with Crippen molar-refractivity contribution in [2.45, 2.75) is 46.0 Å². The molecule has 2 N–H and O–H groups in total. The maximum Gasteiger partial charge on any atom is 0.224 e. The van der Waals surface area contributed by atoms with Crippen LogP contribution in [0.1, 0.15) is 46.0 Å². The standard InChI is InChI=1S/C17H28N2O2/c1-3-5-9-18-16(20)14-12-7-8-13(11-12)15(14)17(21)19-10-6-4-2/h7-8,12-15H,3-6,9-11H2,1-2H3,(H,18,20)(H,19,21). The third-order valence-corrected chi connectivity index (χ3v) is 4.72. The summed E-state index contributed by atoms with van der Waals surface area (Å²) in [5, 5.41) is 6.02. The monoisotopic (exact) mass is 292 g/mol. The van der Waals surface area contributed by atoms with Crippen LogP contribution in [0, 0.1) is 23.7 Å². The number of allylic oxidation sites excluding steroid dienone is 2. The second kappa shape index (κ2) is 7.62. The number of unbranched alkanes of at least 4 members (excludes halogenated alkanes) is 2. The van der Waals surface area contributed by atoms with Gasteiger partial charge in [0.25, 0.3) is 0 Å². The van der Waals surface area contributed by atoms with Crippen LogP contribution < -0.4 is 10.6 Å². The minimum absolute atomic E-state index is 0.0657. The molecule has 0 aromatic carbocycles. The minimum Gasteiger partial charge on any atom is -0.356 e. The van der Waals surface area contributed by atoms with Gasteiger partial charge < -0.3 is 10.6 Å². The van der Waals surface area contributed by atoms with Gasteiger partial charge in [0.2, 0.25) is 11.8 Å². The van der Waals surface area contributed by atoms with Gasteiger partial charge in [-0.25, -0.2) is 0 Å². The van der Waals surface area contributed by atoms with E-state index in [-0.39, 0.29) is 35.5 Å². The number of carbonyl (C=O) groups excluding carboxylic acids is 2. The molecule has 0 aromatic rings. The average Bonchev–Trinajstić information content (AvgIpc) is 3.08. The predicted molar refractivity (Wildman–Crippen MR) is 83.6 cm³/mol. The number of amides is 2. The molecule has 0 spiro atoms. The van der Waals surface area contributed by atoms with Gasteiger partial charge in [-0.1, -0.05) is 38.8 Å². The van der Waals surface area contributed by atoms with Crippen molar-refractivity contribution in [1.29, 1.82) is 0 Å². The molecular weight excluding hydrogens is 264 g/mol. The van der Waals surface area contributed by atoms with Crippen molar-refractivity contribution in [3.63, 3.8) is 0 Å². The summed E-state index contributed by atoms with van der Waals surface area (Å²) >= 11 is 0. The zero-order chi connectivity index (χ0) is 15.2. The number of nitrogens with one attached hydrogen (secondary N) is 2. The van der Waals surface area contributed by atoms with Crippen molar-refractivity contribution < 1.29 is 9.59 Å². The van der Waals surface area contributed by atoms with E-state index in [4.69, 9.17) is 0 Å². The van der Waals surface area contributed by atoms with Crippen LogP contribution in [0.15, 0.2) is 12.2 Å². The van der Waals surface area contributed by atoms with Gasteiger partial charge in [0.15, 0.2) is 0 Å². The van der Waals surface area contributed by atoms with Crippen LogP contribution in [0.25, 0.3) is 0 Å². The second-order valence-corrected chi connectivity index (χ2v) is 6.29. The van der Waals surface area contributed by atoms with Gasteiger partial charge in [0.05, 0.1) is 11.8 Å². The molecule has 0 radical (unpaired) electrons. The number of carbonyl (C=O) groups is 2. The first kappa shape index (κ1) is 16.1. The van der Waals surface area contributed by atoms with Crippen molar-refractivity contribution in [3.05, 3.63) is 12.2 Å². The maximum absolute atomic E-state index is 12.4. The molecule has 2 amide bonds. The molecule has 0 heterocycles. The first-order valence-corrected chi connectivity index (χ1v) is 8.42. The van der Waals surface area contributed by atoms with Crippen molar-refractivity contribution in [1.82, 2.24) is 10.6 Å². The molecule has 4 nitrogen and oxygen atoms in total. The largest absolute Gasteiger partial charge is 0.356 e. The highest BCUT2D eigenvalue weighted by molar-refractivity contribution is 5.89. The minimum atomic E-state index is -0.168. The van der Waals surface area contributed by atoms with Crippen LogP contribution in [-0.2, 0) is 9.59 Å². The van der Waals surface area contributed by atoms with E-state index in [1.54, 1.807) is 0 Å². The summed E-state index contributed by atoms with van der Waals surface area (Å²) in [6.45, 7) is 5.65. The molecule has 4 heteroatoms.